The van der Waals surface area contributed by atoms with Crippen LogP contribution in [0.2, 0.25) is 0 Å². The van der Waals surface area contributed by atoms with Crippen molar-refractivity contribution >= 4 is 17.4 Å². The molecule has 2 nitrogen and oxygen atoms in total. The van der Waals surface area contributed by atoms with Crippen LogP contribution in [0.5, 0.6) is 0 Å². The van der Waals surface area contributed by atoms with Crippen molar-refractivity contribution < 1.29 is 0 Å². The second-order valence-electron chi connectivity index (χ2n) is 4.95. The zero-order valence-electron chi connectivity index (χ0n) is 11.9. The number of hydrogen-bond donors (Lipinski definition) is 0. The van der Waals surface area contributed by atoms with Crippen LogP contribution in [0.15, 0.2) is 23.1 Å². The maximum absolute atomic E-state index is 9.53. The fourth-order valence-corrected chi connectivity index (χ4v) is 3.67. The largest absolute Gasteiger partial charge is 0.367 e. The van der Waals surface area contributed by atoms with Crippen LogP contribution in [0, 0.1) is 11.3 Å². The third-order valence-corrected chi connectivity index (χ3v) is 4.76. The lowest BCUT2D eigenvalue weighted by Gasteiger charge is -2.37. The molecule has 0 aliphatic carbocycles. The fraction of sp³-hybridized carbons (Fsp3) is 0.562. The Morgan fingerprint density at radius 3 is 2.89 bits per heavy atom. The first-order chi connectivity index (χ1) is 9.31. The molecule has 3 heteroatoms. The number of nitriles is 1. The van der Waals surface area contributed by atoms with Crippen molar-refractivity contribution in [2.75, 3.05) is 17.2 Å². The first-order valence-electron chi connectivity index (χ1n) is 7.24. The Morgan fingerprint density at radius 2 is 2.21 bits per heavy atom. The summed E-state index contributed by atoms with van der Waals surface area (Å²) in [5.74, 6) is 1.01. The number of hydrogen-bond acceptors (Lipinski definition) is 3. The van der Waals surface area contributed by atoms with Gasteiger partial charge in [0.2, 0.25) is 0 Å². The highest BCUT2D eigenvalue weighted by molar-refractivity contribution is 7.99. The molecule has 1 atom stereocenters. The molecule has 0 amide bonds. The van der Waals surface area contributed by atoms with Gasteiger partial charge in [-0.05, 0) is 43.6 Å². The third kappa shape index (κ3) is 3.06. The predicted molar refractivity (Wildman–Crippen MR) is 82.8 cm³/mol. The first kappa shape index (κ1) is 14.3. The van der Waals surface area contributed by atoms with Crippen molar-refractivity contribution in [1.29, 1.82) is 5.26 Å². The second kappa shape index (κ2) is 6.86. The molecule has 0 saturated carbocycles. The summed E-state index contributed by atoms with van der Waals surface area (Å²) in [4.78, 5) is 3.59. The first-order valence-corrected chi connectivity index (χ1v) is 8.22. The van der Waals surface area contributed by atoms with Crippen molar-refractivity contribution in [2.24, 2.45) is 0 Å². The highest BCUT2D eigenvalue weighted by Gasteiger charge is 2.24. The van der Waals surface area contributed by atoms with E-state index in [-0.39, 0.29) is 0 Å². The molecular formula is C16H22N2S. The molecule has 0 aromatic heterocycles. The molecule has 1 unspecified atom stereocenters. The Bertz CT molecular complexity index is 464. The van der Waals surface area contributed by atoms with Gasteiger partial charge in [0, 0.05) is 17.5 Å². The molecule has 102 valence electrons. The SMILES string of the molecule is CCSc1cccc(N2CCCCC2CC)c1C#N. The summed E-state index contributed by atoms with van der Waals surface area (Å²) in [6.45, 7) is 5.47. The number of anilines is 1. The summed E-state index contributed by atoms with van der Waals surface area (Å²) in [5.41, 5.74) is 2.02. The molecule has 0 N–H and O–H groups in total. The van der Waals surface area contributed by atoms with Gasteiger partial charge in [0.15, 0.2) is 0 Å². The molecule has 0 spiro atoms. The summed E-state index contributed by atoms with van der Waals surface area (Å²) < 4.78 is 0. The molecular weight excluding hydrogens is 252 g/mol. The molecule has 0 bridgehead atoms. The van der Waals surface area contributed by atoms with Gasteiger partial charge in [0.05, 0.1) is 11.3 Å². The van der Waals surface area contributed by atoms with E-state index >= 15 is 0 Å². The van der Waals surface area contributed by atoms with Crippen LogP contribution in [-0.2, 0) is 0 Å². The normalized spacial score (nSPS) is 19.2. The van der Waals surface area contributed by atoms with Crippen LogP contribution < -0.4 is 4.90 Å². The number of thioether (sulfide) groups is 1. The quantitative estimate of drug-likeness (QED) is 0.760. The predicted octanol–water partition coefficient (Wildman–Crippen LogP) is 4.44. The zero-order chi connectivity index (χ0) is 13.7. The van der Waals surface area contributed by atoms with E-state index in [9.17, 15) is 5.26 Å². The van der Waals surface area contributed by atoms with Gasteiger partial charge in [0.1, 0.15) is 6.07 Å². The van der Waals surface area contributed by atoms with Crippen molar-refractivity contribution in [3.63, 3.8) is 0 Å². The highest BCUT2D eigenvalue weighted by atomic mass is 32.2. The number of piperidine rings is 1. The standard InChI is InChI=1S/C16H22N2S/c1-3-13-8-5-6-11-18(13)15-9-7-10-16(19-4-2)14(15)12-17/h7,9-10,13H,3-6,8,11H2,1-2H3. The van der Waals surface area contributed by atoms with Crippen molar-refractivity contribution in [2.45, 2.75) is 50.5 Å². The average Bonchev–Trinajstić information content (AvgIpc) is 2.47. The van der Waals surface area contributed by atoms with E-state index in [1.165, 1.54) is 19.3 Å². The Morgan fingerprint density at radius 1 is 1.37 bits per heavy atom. The van der Waals surface area contributed by atoms with E-state index in [0.717, 1.165) is 34.9 Å². The Hall–Kier alpha value is -1.14. The van der Waals surface area contributed by atoms with Crippen LogP contribution in [0.4, 0.5) is 5.69 Å². The van der Waals surface area contributed by atoms with Crippen LogP contribution in [0.25, 0.3) is 0 Å². The average molecular weight is 274 g/mol. The molecule has 1 aromatic rings. The summed E-state index contributed by atoms with van der Waals surface area (Å²) in [6.07, 6.45) is 4.98. The minimum atomic E-state index is 0.600. The maximum atomic E-state index is 9.53. The highest BCUT2D eigenvalue weighted by Crippen LogP contribution is 2.34. The van der Waals surface area contributed by atoms with E-state index in [2.05, 4.69) is 43.0 Å². The molecule has 1 aromatic carbocycles. The smallest absolute Gasteiger partial charge is 0.103 e. The second-order valence-corrected chi connectivity index (χ2v) is 6.25. The number of benzene rings is 1. The van der Waals surface area contributed by atoms with E-state index in [4.69, 9.17) is 0 Å². The van der Waals surface area contributed by atoms with Gasteiger partial charge >= 0.3 is 0 Å². The lowest BCUT2D eigenvalue weighted by molar-refractivity contribution is 0.449. The molecule has 1 fully saturated rings. The van der Waals surface area contributed by atoms with E-state index < -0.39 is 0 Å². The van der Waals surface area contributed by atoms with Crippen molar-refractivity contribution in [3.8, 4) is 6.07 Å². The van der Waals surface area contributed by atoms with Crippen molar-refractivity contribution in [1.82, 2.24) is 0 Å². The molecule has 1 aliphatic rings. The van der Waals surface area contributed by atoms with Crippen LogP contribution in [0.1, 0.15) is 45.1 Å². The van der Waals surface area contributed by atoms with Gasteiger partial charge in [-0.15, -0.1) is 11.8 Å². The Balaban J connectivity index is 2.37. The van der Waals surface area contributed by atoms with Crippen molar-refractivity contribution in [3.05, 3.63) is 23.8 Å². The summed E-state index contributed by atoms with van der Waals surface area (Å²) in [7, 11) is 0. The molecule has 19 heavy (non-hydrogen) atoms. The van der Waals surface area contributed by atoms with Crippen LogP contribution in [0.3, 0.4) is 0 Å². The lowest BCUT2D eigenvalue weighted by Crippen LogP contribution is -2.39. The molecule has 0 radical (unpaired) electrons. The van der Waals surface area contributed by atoms with E-state index in [0.29, 0.717) is 6.04 Å². The van der Waals surface area contributed by atoms with Gasteiger partial charge in [-0.25, -0.2) is 0 Å². The van der Waals surface area contributed by atoms with E-state index in [1.54, 1.807) is 11.8 Å². The molecule has 1 saturated heterocycles. The molecule has 2 rings (SSSR count). The maximum Gasteiger partial charge on any atom is 0.103 e. The zero-order valence-corrected chi connectivity index (χ0v) is 12.7. The minimum absolute atomic E-state index is 0.600. The minimum Gasteiger partial charge on any atom is -0.367 e. The van der Waals surface area contributed by atoms with Gasteiger partial charge in [0.25, 0.3) is 0 Å². The van der Waals surface area contributed by atoms with Crippen LogP contribution >= 0.6 is 11.8 Å². The molecule has 1 aliphatic heterocycles. The van der Waals surface area contributed by atoms with Gasteiger partial charge < -0.3 is 4.90 Å². The third-order valence-electron chi connectivity index (χ3n) is 3.82. The van der Waals surface area contributed by atoms with Gasteiger partial charge in [-0.1, -0.05) is 19.9 Å². The van der Waals surface area contributed by atoms with E-state index in [1.807, 2.05) is 0 Å². The number of nitrogens with zero attached hydrogens (tertiary/aromatic N) is 2. The monoisotopic (exact) mass is 274 g/mol. The van der Waals surface area contributed by atoms with Gasteiger partial charge in [-0.2, -0.15) is 5.26 Å². The number of rotatable bonds is 4. The fourth-order valence-electron chi connectivity index (χ4n) is 2.89. The Labute approximate surface area is 120 Å². The lowest BCUT2D eigenvalue weighted by atomic mass is 9.98. The summed E-state index contributed by atoms with van der Waals surface area (Å²) in [5, 5.41) is 9.53. The molecule has 1 heterocycles. The Kier molecular flexibility index (Phi) is 5.15. The van der Waals surface area contributed by atoms with Gasteiger partial charge in [-0.3, -0.25) is 0 Å². The summed E-state index contributed by atoms with van der Waals surface area (Å²) in [6, 6.07) is 9.31. The topological polar surface area (TPSA) is 27.0 Å². The summed E-state index contributed by atoms with van der Waals surface area (Å²) >= 11 is 1.76. The van der Waals surface area contributed by atoms with Crippen LogP contribution in [-0.4, -0.2) is 18.3 Å².